The van der Waals surface area contributed by atoms with E-state index in [1.807, 2.05) is 50.4 Å². The van der Waals surface area contributed by atoms with E-state index in [0.29, 0.717) is 12.0 Å². The second-order valence-corrected chi connectivity index (χ2v) is 8.73. The molecule has 1 aliphatic heterocycles. The van der Waals surface area contributed by atoms with Crippen molar-refractivity contribution in [2.75, 3.05) is 13.3 Å². The minimum absolute atomic E-state index is 0.124. The summed E-state index contributed by atoms with van der Waals surface area (Å²) in [6, 6.07) is 15.2. The Hall–Kier alpha value is -2.34. The van der Waals surface area contributed by atoms with Gasteiger partial charge in [0.05, 0.1) is 5.92 Å². The summed E-state index contributed by atoms with van der Waals surface area (Å²) >= 11 is 1.64. The van der Waals surface area contributed by atoms with Crippen LogP contribution in [0.2, 0.25) is 0 Å². The van der Waals surface area contributed by atoms with Crippen LogP contribution < -0.4 is 5.73 Å². The maximum Gasteiger partial charge on any atom is 0.239 e. The Bertz CT molecular complexity index is 941. The molecule has 0 aliphatic carbocycles. The third kappa shape index (κ3) is 3.78. The number of thioether (sulfide) groups is 1. The van der Waals surface area contributed by atoms with E-state index in [1.54, 1.807) is 37.9 Å². The van der Waals surface area contributed by atoms with Crippen LogP contribution in [-0.2, 0) is 16.0 Å². The Morgan fingerprint density at radius 2 is 1.93 bits per heavy atom. The Labute approximate surface area is 176 Å². The molecule has 2 aromatic carbocycles. The quantitative estimate of drug-likeness (QED) is 0.717. The van der Waals surface area contributed by atoms with Crippen molar-refractivity contribution in [1.82, 2.24) is 4.90 Å². The number of rotatable bonds is 5. The van der Waals surface area contributed by atoms with Gasteiger partial charge < -0.3 is 5.73 Å². The van der Waals surface area contributed by atoms with Gasteiger partial charge >= 0.3 is 0 Å². The first-order chi connectivity index (χ1) is 13.6. The molecule has 0 bridgehead atoms. The van der Waals surface area contributed by atoms with Crippen LogP contribution >= 0.6 is 11.8 Å². The number of hydrogen-bond donors (Lipinski definition) is 1. The summed E-state index contributed by atoms with van der Waals surface area (Å²) in [5.74, 6) is -0.485. The highest BCUT2D eigenvalue weighted by Crippen LogP contribution is 2.45. The molecule has 4 nitrogen and oxygen atoms in total. The maximum atomic E-state index is 14.7. The van der Waals surface area contributed by atoms with E-state index in [0.717, 1.165) is 16.0 Å². The molecule has 0 saturated carbocycles. The molecule has 6 heteroatoms. The van der Waals surface area contributed by atoms with Crippen LogP contribution in [-0.4, -0.2) is 30.1 Å². The molecule has 2 aromatic rings. The fraction of sp³-hybridized carbons (Fsp3) is 0.391. The van der Waals surface area contributed by atoms with Crippen molar-refractivity contribution < 1.29 is 9.18 Å². The van der Waals surface area contributed by atoms with Crippen molar-refractivity contribution in [2.45, 2.75) is 49.2 Å². The molecule has 0 radical (unpaired) electrons. The van der Waals surface area contributed by atoms with Gasteiger partial charge in [-0.05, 0) is 55.3 Å². The van der Waals surface area contributed by atoms with Crippen LogP contribution in [0.25, 0.3) is 0 Å². The summed E-state index contributed by atoms with van der Waals surface area (Å²) in [5, 5.41) is 0. The second kappa shape index (κ2) is 7.82. The van der Waals surface area contributed by atoms with E-state index in [-0.39, 0.29) is 11.9 Å². The third-order valence-electron chi connectivity index (χ3n) is 5.99. The maximum absolute atomic E-state index is 14.7. The number of alkyl halides is 1. The van der Waals surface area contributed by atoms with Gasteiger partial charge in [-0.1, -0.05) is 43.3 Å². The Kier molecular flexibility index (Phi) is 5.77. The molecular formula is C23H28FN3OS. The zero-order valence-electron chi connectivity index (χ0n) is 17.6. The molecule has 1 amide bonds. The lowest BCUT2D eigenvalue weighted by atomic mass is 9.74. The van der Waals surface area contributed by atoms with E-state index in [2.05, 4.69) is 6.07 Å². The normalized spacial score (nSPS) is 24.2. The highest BCUT2D eigenvalue weighted by Gasteiger charge is 2.47. The van der Waals surface area contributed by atoms with E-state index in [1.165, 1.54) is 4.90 Å². The molecule has 29 heavy (non-hydrogen) atoms. The smallest absolute Gasteiger partial charge is 0.239 e. The lowest BCUT2D eigenvalue weighted by Gasteiger charge is -2.41. The molecular weight excluding hydrogens is 385 g/mol. The highest BCUT2D eigenvalue weighted by atomic mass is 32.2. The first-order valence-corrected chi connectivity index (χ1v) is 10.9. The number of aliphatic imine (C=N–C) groups is 1. The summed E-state index contributed by atoms with van der Waals surface area (Å²) in [6.45, 7) is 5.33. The van der Waals surface area contributed by atoms with Gasteiger partial charge in [0.25, 0.3) is 0 Å². The predicted molar refractivity (Wildman–Crippen MR) is 118 cm³/mol. The van der Waals surface area contributed by atoms with Crippen molar-refractivity contribution in [3.8, 4) is 0 Å². The van der Waals surface area contributed by atoms with Crippen LogP contribution in [0.4, 0.5) is 4.39 Å². The van der Waals surface area contributed by atoms with Crippen LogP contribution in [0.1, 0.15) is 49.8 Å². The molecule has 0 spiro atoms. The van der Waals surface area contributed by atoms with Gasteiger partial charge in [-0.15, -0.1) is 11.8 Å². The van der Waals surface area contributed by atoms with Gasteiger partial charge in [0.15, 0.2) is 5.96 Å². The summed E-state index contributed by atoms with van der Waals surface area (Å²) in [5.41, 5.74) is 6.16. The van der Waals surface area contributed by atoms with Gasteiger partial charge in [-0.25, -0.2) is 9.38 Å². The van der Waals surface area contributed by atoms with Crippen LogP contribution in [0.5, 0.6) is 0 Å². The van der Waals surface area contributed by atoms with Gasteiger partial charge in [0.2, 0.25) is 5.91 Å². The van der Waals surface area contributed by atoms with Gasteiger partial charge in [-0.2, -0.15) is 0 Å². The van der Waals surface area contributed by atoms with Crippen molar-refractivity contribution in [1.29, 1.82) is 0 Å². The fourth-order valence-corrected chi connectivity index (χ4v) is 4.25. The SMILES string of the molecule is CCC(C)(F)c1ccc([C@H]2C(=O)N(C)C(N)=N[C@]2(C)c2cccc(SC)c2)cc1. The molecule has 3 atom stereocenters. The number of carbonyl (C=O) groups excluding carboxylic acids is 1. The molecule has 0 aromatic heterocycles. The number of likely N-dealkylation sites (N-methyl/N-ethyl adjacent to an activating group) is 1. The number of halogens is 1. The Morgan fingerprint density at radius 1 is 1.28 bits per heavy atom. The summed E-state index contributed by atoms with van der Waals surface area (Å²) in [6.07, 6.45) is 2.40. The molecule has 2 N–H and O–H groups in total. The number of nitrogens with two attached hydrogens (primary N) is 1. The largest absolute Gasteiger partial charge is 0.369 e. The van der Waals surface area contributed by atoms with E-state index in [4.69, 9.17) is 10.7 Å². The molecule has 1 heterocycles. The Balaban J connectivity index is 2.14. The predicted octanol–water partition coefficient (Wildman–Crippen LogP) is 4.79. The van der Waals surface area contributed by atoms with Crippen molar-refractivity contribution in [3.05, 3.63) is 65.2 Å². The minimum Gasteiger partial charge on any atom is -0.369 e. The second-order valence-electron chi connectivity index (χ2n) is 7.85. The van der Waals surface area contributed by atoms with Gasteiger partial charge in [0, 0.05) is 11.9 Å². The first-order valence-electron chi connectivity index (χ1n) is 9.71. The average molecular weight is 414 g/mol. The lowest BCUT2D eigenvalue weighted by molar-refractivity contribution is -0.130. The zero-order chi connectivity index (χ0) is 21.4. The lowest BCUT2D eigenvalue weighted by Crippen LogP contribution is -2.52. The van der Waals surface area contributed by atoms with Crippen molar-refractivity contribution in [3.63, 3.8) is 0 Å². The number of nitrogens with zero attached hydrogens (tertiary/aromatic N) is 2. The highest BCUT2D eigenvalue weighted by molar-refractivity contribution is 7.98. The van der Waals surface area contributed by atoms with E-state index in [9.17, 15) is 9.18 Å². The third-order valence-corrected chi connectivity index (χ3v) is 6.72. The molecule has 1 unspecified atom stereocenters. The van der Waals surface area contributed by atoms with Crippen LogP contribution in [0, 0.1) is 0 Å². The van der Waals surface area contributed by atoms with Gasteiger partial charge in [0.1, 0.15) is 11.2 Å². The monoisotopic (exact) mass is 413 g/mol. The van der Waals surface area contributed by atoms with Crippen molar-refractivity contribution >= 4 is 23.6 Å². The standard InChI is InChI=1S/C23H28FN3OS/c1-6-22(2,24)16-12-10-15(11-13-16)19-20(28)27(4)21(25)26-23(19,3)17-8-7-9-18(14-17)29-5/h7-14,19H,6H2,1-5H3,(H2,25,26)/t19-,22?,23+/m0/s1. The number of amides is 1. The number of guanidine groups is 1. The van der Waals surface area contributed by atoms with Crippen LogP contribution in [0.15, 0.2) is 58.4 Å². The fourth-order valence-electron chi connectivity index (χ4n) is 3.79. The first kappa shape index (κ1) is 21.4. The summed E-state index contributed by atoms with van der Waals surface area (Å²) in [4.78, 5) is 20.5. The Morgan fingerprint density at radius 3 is 2.52 bits per heavy atom. The molecule has 0 saturated heterocycles. The number of carbonyl (C=O) groups is 1. The van der Waals surface area contributed by atoms with Gasteiger partial charge in [-0.3, -0.25) is 9.69 Å². The molecule has 1 aliphatic rings. The average Bonchev–Trinajstić information content (AvgIpc) is 2.72. The zero-order valence-corrected chi connectivity index (χ0v) is 18.4. The minimum atomic E-state index is -1.40. The summed E-state index contributed by atoms with van der Waals surface area (Å²) < 4.78 is 14.7. The number of hydrogen-bond acceptors (Lipinski definition) is 4. The molecule has 3 rings (SSSR count). The van der Waals surface area contributed by atoms with Crippen molar-refractivity contribution in [2.24, 2.45) is 10.7 Å². The van der Waals surface area contributed by atoms with Crippen LogP contribution in [0.3, 0.4) is 0 Å². The molecule has 0 fully saturated rings. The summed E-state index contributed by atoms with van der Waals surface area (Å²) in [7, 11) is 1.64. The topological polar surface area (TPSA) is 58.7 Å². The van der Waals surface area contributed by atoms with E-state index >= 15 is 0 Å². The molecule has 154 valence electrons. The number of benzene rings is 2. The van der Waals surface area contributed by atoms with E-state index < -0.39 is 17.1 Å².